The molecule has 7 heteroatoms. The van der Waals surface area contributed by atoms with Gasteiger partial charge >= 0.3 is 5.97 Å². The van der Waals surface area contributed by atoms with Gasteiger partial charge in [0.05, 0.1) is 6.54 Å². The van der Waals surface area contributed by atoms with Gasteiger partial charge in [0.25, 0.3) is 0 Å². The fourth-order valence-electron chi connectivity index (χ4n) is 2.05. The van der Waals surface area contributed by atoms with E-state index in [0.717, 1.165) is 30.8 Å². The molecule has 130 valence electrons. The van der Waals surface area contributed by atoms with E-state index in [-0.39, 0.29) is 5.91 Å². The number of likely N-dealkylation sites (N-methyl/N-ethyl adjacent to an activating group) is 1. The van der Waals surface area contributed by atoms with E-state index in [2.05, 4.69) is 10.6 Å². The molecule has 1 rings (SSSR count). The van der Waals surface area contributed by atoms with Crippen LogP contribution < -0.4 is 10.6 Å². The van der Waals surface area contributed by atoms with Crippen LogP contribution in [0.2, 0.25) is 0 Å². The molecule has 1 aromatic carbocycles. The minimum absolute atomic E-state index is 0.0945. The molecule has 0 aromatic heterocycles. The van der Waals surface area contributed by atoms with Gasteiger partial charge in [-0.2, -0.15) is 0 Å². The Bertz CT molecular complexity index is 637. The van der Waals surface area contributed by atoms with E-state index in [1.54, 1.807) is 18.2 Å². The lowest BCUT2D eigenvalue weighted by Gasteiger charge is -2.18. The number of aliphatic carboxylic acids is 1. The van der Waals surface area contributed by atoms with E-state index in [0.29, 0.717) is 17.9 Å². The Kier molecular flexibility index (Phi) is 7.64. The van der Waals surface area contributed by atoms with Gasteiger partial charge in [0.2, 0.25) is 11.8 Å². The molecule has 2 amide bonds. The van der Waals surface area contributed by atoms with Crippen molar-refractivity contribution in [3.05, 3.63) is 35.9 Å². The maximum atomic E-state index is 12.0. The summed E-state index contributed by atoms with van der Waals surface area (Å²) >= 11 is 0. The van der Waals surface area contributed by atoms with Crippen LogP contribution in [-0.4, -0.2) is 47.4 Å². The topological polar surface area (TPSA) is 98.7 Å². The van der Waals surface area contributed by atoms with E-state index < -0.39 is 11.9 Å². The summed E-state index contributed by atoms with van der Waals surface area (Å²) < 4.78 is 0. The third kappa shape index (κ3) is 6.62. The first-order valence-electron chi connectivity index (χ1n) is 7.70. The van der Waals surface area contributed by atoms with Crippen LogP contribution in [0, 0.1) is 6.92 Å². The zero-order chi connectivity index (χ0) is 18.1. The van der Waals surface area contributed by atoms with Crippen LogP contribution in [0.4, 0.5) is 11.4 Å². The number of hydrogen-bond donors (Lipinski definition) is 3. The number of carbonyl (C=O) groups excluding carboxylic acids is 2. The summed E-state index contributed by atoms with van der Waals surface area (Å²) in [5, 5.41) is 13.9. The van der Waals surface area contributed by atoms with Gasteiger partial charge in [-0.3, -0.25) is 14.5 Å². The highest BCUT2D eigenvalue weighted by Gasteiger charge is 2.09. The monoisotopic (exact) mass is 333 g/mol. The average Bonchev–Trinajstić information content (AvgIpc) is 2.53. The van der Waals surface area contributed by atoms with Gasteiger partial charge in [-0.15, -0.1) is 0 Å². The van der Waals surface area contributed by atoms with Gasteiger partial charge in [-0.05, 0) is 43.8 Å². The van der Waals surface area contributed by atoms with E-state index >= 15 is 0 Å². The zero-order valence-electron chi connectivity index (χ0n) is 14.1. The summed E-state index contributed by atoms with van der Waals surface area (Å²) in [5.74, 6) is -1.81. The van der Waals surface area contributed by atoms with Crippen molar-refractivity contribution in [1.29, 1.82) is 0 Å². The number of benzene rings is 1. The van der Waals surface area contributed by atoms with Gasteiger partial charge in [0.15, 0.2) is 0 Å². The number of carboxylic acid groups (broad SMARTS) is 1. The highest BCUT2D eigenvalue weighted by atomic mass is 16.4. The number of anilines is 2. The Morgan fingerprint density at radius 1 is 1.12 bits per heavy atom. The fourth-order valence-corrected chi connectivity index (χ4v) is 2.05. The molecule has 0 saturated heterocycles. The van der Waals surface area contributed by atoms with Gasteiger partial charge in [0.1, 0.15) is 0 Å². The number of aryl methyl sites for hydroxylation is 1. The molecule has 0 saturated carbocycles. The molecule has 0 heterocycles. The minimum Gasteiger partial charge on any atom is -0.478 e. The fraction of sp³-hybridized carbons (Fsp3) is 0.353. The number of rotatable bonds is 8. The standard InChI is InChI=1S/C17H23N3O4/c1-4-20(5-2)11-16(22)19-14-7-6-13(10-12(14)3)18-15(21)8-9-17(23)24/h6-10H,4-5,11H2,1-3H3,(H,18,21)(H,19,22)(H,23,24)/b9-8+. The molecule has 0 aliphatic rings. The maximum Gasteiger partial charge on any atom is 0.328 e. The third-order valence-corrected chi connectivity index (χ3v) is 3.41. The van der Waals surface area contributed by atoms with E-state index in [4.69, 9.17) is 5.11 Å². The number of nitrogens with one attached hydrogen (secondary N) is 2. The van der Waals surface area contributed by atoms with Crippen LogP contribution in [0.15, 0.2) is 30.4 Å². The lowest BCUT2D eigenvalue weighted by atomic mass is 10.1. The molecular formula is C17H23N3O4. The Hall–Kier alpha value is -2.67. The average molecular weight is 333 g/mol. The predicted molar refractivity (Wildman–Crippen MR) is 93.0 cm³/mol. The van der Waals surface area contributed by atoms with E-state index in [9.17, 15) is 14.4 Å². The highest BCUT2D eigenvalue weighted by molar-refractivity contribution is 6.02. The van der Waals surface area contributed by atoms with Crippen LogP contribution in [0.3, 0.4) is 0 Å². The second kappa shape index (κ2) is 9.46. The van der Waals surface area contributed by atoms with Crippen LogP contribution in [-0.2, 0) is 14.4 Å². The number of nitrogens with zero attached hydrogens (tertiary/aromatic N) is 1. The lowest BCUT2D eigenvalue weighted by molar-refractivity contribution is -0.131. The SMILES string of the molecule is CCN(CC)CC(=O)Nc1ccc(NC(=O)/C=C/C(=O)O)cc1C. The van der Waals surface area contributed by atoms with Crippen LogP contribution in [0.1, 0.15) is 19.4 Å². The lowest BCUT2D eigenvalue weighted by Crippen LogP contribution is -2.33. The molecule has 0 bridgehead atoms. The summed E-state index contributed by atoms with van der Waals surface area (Å²) in [6, 6.07) is 5.05. The van der Waals surface area contributed by atoms with Crippen LogP contribution in [0.25, 0.3) is 0 Å². The number of carbonyl (C=O) groups is 3. The van der Waals surface area contributed by atoms with Crippen molar-refractivity contribution in [2.24, 2.45) is 0 Å². The van der Waals surface area contributed by atoms with E-state index in [1.807, 2.05) is 25.7 Å². The minimum atomic E-state index is -1.19. The van der Waals surface area contributed by atoms with Crippen molar-refractivity contribution in [2.45, 2.75) is 20.8 Å². The van der Waals surface area contributed by atoms with Crippen molar-refractivity contribution in [3.63, 3.8) is 0 Å². The van der Waals surface area contributed by atoms with Crippen molar-refractivity contribution >= 4 is 29.2 Å². The second-order valence-corrected chi connectivity index (χ2v) is 5.20. The highest BCUT2D eigenvalue weighted by Crippen LogP contribution is 2.19. The first kappa shape index (κ1) is 19.4. The number of hydrogen-bond acceptors (Lipinski definition) is 4. The quantitative estimate of drug-likeness (QED) is 0.631. The molecule has 24 heavy (non-hydrogen) atoms. The van der Waals surface area contributed by atoms with Gasteiger partial charge < -0.3 is 15.7 Å². The number of carboxylic acids is 1. The predicted octanol–water partition coefficient (Wildman–Crippen LogP) is 1.85. The molecule has 0 aliphatic carbocycles. The van der Waals surface area contributed by atoms with Crippen molar-refractivity contribution in [1.82, 2.24) is 4.90 Å². The zero-order valence-corrected chi connectivity index (χ0v) is 14.1. The molecule has 0 unspecified atom stereocenters. The molecule has 3 N–H and O–H groups in total. The van der Waals surface area contributed by atoms with Crippen LogP contribution in [0.5, 0.6) is 0 Å². The Morgan fingerprint density at radius 3 is 2.33 bits per heavy atom. The normalized spacial score (nSPS) is 10.8. The summed E-state index contributed by atoms with van der Waals surface area (Å²) in [7, 11) is 0. The summed E-state index contributed by atoms with van der Waals surface area (Å²) in [6.07, 6.45) is 1.71. The second-order valence-electron chi connectivity index (χ2n) is 5.20. The molecule has 0 atom stereocenters. The van der Waals surface area contributed by atoms with Crippen molar-refractivity contribution in [2.75, 3.05) is 30.3 Å². The largest absolute Gasteiger partial charge is 0.478 e. The smallest absolute Gasteiger partial charge is 0.328 e. The van der Waals surface area contributed by atoms with Gasteiger partial charge in [-0.1, -0.05) is 13.8 Å². The van der Waals surface area contributed by atoms with Crippen molar-refractivity contribution < 1.29 is 19.5 Å². The van der Waals surface area contributed by atoms with Crippen LogP contribution >= 0.6 is 0 Å². The Morgan fingerprint density at radius 2 is 1.79 bits per heavy atom. The Labute approximate surface area is 141 Å². The molecule has 0 fully saturated rings. The summed E-state index contributed by atoms with van der Waals surface area (Å²) in [4.78, 5) is 35.9. The summed E-state index contributed by atoms with van der Waals surface area (Å²) in [5.41, 5.74) is 1.99. The first-order chi connectivity index (χ1) is 11.3. The first-order valence-corrected chi connectivity index (χ1v) is 7.70. The summed E-state index contributed by atoms with van der Waals surface area (Å²) in [6.45, 7) is 7.74. The molecule has 0 aliphatic heterocycles. The van der Waals surface area contributed by atoms with Gasteiger partial charge in [-0.25, -0.2) is 4.79 Å². The Balaban J connectivity index is 2.69. The van der Waals surface area contributed by atoms with E-state index in [1.165, 1.54) is 0 Å². The third-order valence-electron chi connectivity index (χ3n) is 3.41. The molecule has 1 aromatic rings. The molecule has 7 nitrogen and oxygen atoms in total. The number of amides is 2. The molecule has 0 spiro atoms. The molecule has 0 radical (unpaired) electrons. The van der Waals surface area contributed by atoms with Crippen molar-refractivity contribution in [3.8, 4) is 0 Å². The van der Waals surface area contributed by atoms with Gasteiger partial charge in [0, 0.05) is 23.5 Å². The maximum absolute atomic E-state index is 12.0. The molecular weight excluding hydrogens is 310 g/mol.